The molecule has 1 aromatic heterocycles. The highest BCUT2D eigenvalue weighted by Gasteiger charge is 2.13. The van der Waals surface area contributed by atoms with Gasteiger partial charge in [0.2, 0.25) is 5.88 Å². The van der Waals surface area contributed by atoms with Gasteiger partial charge in [0.1, 0.15) is 5.75 Å². The van der Waals surface area contributed by atoms with Crippen LogP contribution in [0.5, 0.6) is 11.6 Å². The van der Waals surface area contributed by atoms with E-state index in [4.69, 9.17) is 9.47 Å². The van der Waals surface area contributed by atoms with Crippen LogP contribution in [0.15, 0.2) is 6.07 Å². The number of rotatable bonds is 7. The van der Waals surface area contributed by atoms with Crippen molar-refractivity contribution >= 4 is 0 Å². The Balaban J connectivity index is 2.92. The molecule has 0 saturated carbocycles. The number of hydrogen-bond acceptors (Lipinski definition) is 4. The summed E-state index contributed by atoms with van der Waals surface area (Å²) in [6.07, 6.45) is 2.04. The van der Waals surface area contributed by atoms with Crippen LogP contribution in [0.3, 0.4) is 0 Å². The van der Waals surface area contributed by atoms with Gasteiger partial charge in [-0.3, -0.25) is 0 Å². The van der Waals surface area contributed by atoms with E-state index in [-0.39, 0.29) is 6.61 Å². The van der Waals surface area contributed by atoms with Crippen molar-refractivity contribution in [2.24, 2.45) is 0 Å². The maximum atomic E-state index is 9.37. The lowest BCUT2D eigenvalue weighted by Gasteiger charge is -2.14. The minimum absolute atomic E-state index is 0.121. The minimum atomic E-state index is -0.121. The molecule has 0 aromatic carbocycles. The van der Waals surface area contributed by atoms with Crippen LogP contribution < -0.4 is 9.47 Å². The van der Waals surface area contributed by atoms with Gasteiger partial charge in [0, 0.05) is 11.8 Å². The topological polar surface area (TPSA) is 51.6 Å². The summed E-state index contributed by atoms with van der Waals surface area (Å²) in [6.45, 7) is 6.96. The molecule has 0 fully saturated rings. The Hall–Kier alpha value is -1.29. The van der Waals surface area contributed by atoms with Gasteiger partial charge in [-0.1, -0.05) is 13.3 Å². The summed E-state index contributed by atoms with van der Waals surface area (Å²) in [5, 5.41) is 9.37. The number of unbranched alkanes of at least 4 members (excludes halogenated alkanes) is 1. The zero-order valence-corrected chi connectivity index (χ0v) is 10.8. The molecule has 0 atom stereocenters. The Morgan fingerprint density at radius 2 is 2.06 bits per heavy atom. The molecule has 96 valence electrons. The average Bonchev–Trinajstić information content (AvgIpc) is 2.29. The number of aliphatic hydroxyl groups excluding tert-OH is 1. The third-order valence-electron chi connectivity index (χ3n) is 2.37. The highest BCUT2D eigenvalue weighted by molar-refractivity contribution is 5.41. The smallest absolute Gasteiger partial charge is 0.222 e. The second kappa shape index (κ2) is 7.12. The molecule has 0 bridgehead atoms. The van der Waals surface area contributed by atoms with Gasteiger partial charge in [-0.25, -0.2) is 4.98 Å². The van der Waals surface area contributed by atoms with Gasteiger partial charge in [-0.2, -0.15) is 0 Å². The molecule has 0 unspecified atom stereocenters. The Labute approximate surface area is 103 Å². The molecular weight excluding hydrogens is 218 g/mol. The van der Waals surface area contributed by atoms with E-state index < -0.39 is 0 Å². The fraction of sp³-hybridized carbons (Fsp3) is 0.615. The lowest BCUT2D eigenvalue weighted by molar-refractivity contribution is 0.242. The van der Waals surface area contributed by atoms with E-state index in [2.05, 4.69) is 11.9 Å². The summed E-state index contributed by atoms with van der Waals surface area (Å²) >= 11 is 0. The summed E-state index contributed by atoms with van der Waals surface area (Å²) in [5.74, 6) is 1.15. The fourth-order valence-corrected chi connectivity index (χ4v) is 1.50. The predicted octanol–water partition coefficient (Wildman–Crippen LogP) is 2.46. The van der Waals surface area contributed by atoms with E-state index in [0.29, 0.717) is 30.4 Å². The SMILES string of the molecule is CCCCOc1nc(C)cc(OCC)c1CO. The van der Waals surface area contributed by atoms with Crippen molar-refractivity contribution < 1.29 is 14.6 Å². The van der Waals surface area contributed by atoms with E-state index in [1.54, 1.807) is 0 Å². The van der Waals surface area contributed by atoms with Crippen molar-refractivity contribution in [1.29, 1.82) is 0 Å². The number of aryl methyl sites for hydroxylation is 1. The van der Waals surface area contributed by atoms with Crippen LogP contribution >= 0.6 is 0 Å². The normalized spacial score (nSPS) is 10.4. The van der Waals surface area contributed by atoms with Gasteiger partial charge in [0.15, 0.2) is 0 Å². The molecule has 0 amide bonds. The van der Waals surface area contributed by atoms with Gasteiger partial charge in [0.05, 0.1) is 25.4 Å². The molecule has 17 heavy (non-hydrogen) atoms. The van der Waals surface area contributed by atoms with E-state index in [1.807, 2.05) is 19.9 Å². The first-order valence-electron chi connectivity index (χ1n) is 6.09. The van der Waals surface area contributed by atoms with E-state index >= 15 is 0 Å². The van der Waals surface area contributed by atoms with Gasteiger partial charge in [-0.05, 0) is 20.3 Å². The lowest BCUT2D eigenvalue weighted by atomic mass is 10.2. The van der Waals surface area contributed by atoms with Crippen molar-refractivity contribution in [1.82, 2.24) is 4.98 Å². The molecule has 1 heterocycles. The van der Waals surface area contributed by atoms with Crippen molar-refractivity contribution in [3.05, 3.63) is 17.3 Å². The van der Waals surface area contributed by atoms with E-state index in [9.17, 15) is 5.11 Å². The number of aromatic nitrogens is 1. The standard InChI is InChI=1S/C13H21NO3/c1-4-6-7-17-13-11(9-15)12(16-5-2)8-10(3)14-13/h8,15H,4-7,9H2,1-3H3. The van der Waals surface area contributed by atoms with Crippen LogP contribution in [0.2, 0.25) is 0 Å². The van der Waals surface area contributed by atoms with Crippen LogP contribution in [-0.2, 0) is 6.61 Å². The Kier molecular flexibility index (Phi) is 5.77. The summed E-state index contributed by atoms with van der Waals surface area (Å²) < 4.78 is 11.1. The van der Waals surface area contributed by atoms with Crippen molar-refractivity contribution in [3.63, 3.8) is 0 Å². The van der Waals surface area contributed by atoms with E-state index in [0.717, 1.165) is 18.5 Å². The Morgan fingerprint density at radius 3 is 2.65 bits per heavy atom. The average molecular weight is 239 g/mol. The second-order valence-electron chi connectivity index (χ2n) is 3.84. The maximum absolute atomic E-state index is 9.37. The first-order valence-corrected chi connectivity index (χ1v) is 6.09. The first kappa shape index (κ1) is 13.8. The van der Waals surface area contributed by atoms with Gasteiger partial charge >= 0.3 is 0 Å². The molecule has 4 nitrogen and oxygen atoms in total. The summed E-state index contributed by atoms with van der Waals surface area (Å²) in [7, 11) is 0. The second-order valence-corrected chi connectivity index (χ2v) is 3.84. The number of pyridine rings is 1. The van der Waals surface area contributed by atoms with Crippen molar-refractivity contribution in [2.75, 3.05) is 13.2 Å². The molecule has 1 N–H and O–H groups in total. The summed E-state index contributed by atoms with van der Waals surface area (Å²) in [5.41, 5.74) is 1.46. The molecule has 0 saturated heterocycles. The van der Waals surface area contributed by atoms with Gasteiger partial charge in [-0.15, -0.1) is 0 Å². The van der Waals surface area contributed by atoms with Crippen LogP contribution in [-0.4, -0.2) is 23.3 Å². The molecule has 0 spiro atoms. The maximum Gasteiger partial charge on any atom is 0.222 e. The van der Waals surface area contributed by atoms with Crippen LogP contribution in [0.25, 0.3) is 0 Å². The number of aliphatic hydroxyl groups is 1. The molecule has 4 heteroatoms. The van der Waals surface area contributed by atoms with Gasteiger partial charge in [0.25, 0.3) is 0 Å². The molecule has 0 aliphatic heterocycles. The number of ether oxygens (including phenoxy) is 2. The molecule has 1 rings (SSSR count). The van der Waals surface area contributed by atoms with Crippen molar-refractivity contribution in [3.8, 4) is 11.6 Å². The number of hydrogen-bond donors (Lipinski definition) is 1. The summed E-state index contributed by atoms with van der Waals surface area (Å²) in [4.78, 5) is 4.30. The molecular formula is C13H21NO3. The Bertz CT molecular complexity index is 353. The highest BCUT2D eigenvalue weighted by Crippen LogP contribution is 2.28. The quantitative estimate of drug-likeness (QED) is 0.743. The predicted molar refractivity (Wildman–Crippen MR) is 66.5 cm³/mol. The highest BCUT2D eigenvalue weighted by atomic mass is 16.5. The van der Waals surface area contributed by atoms with Crippen LogP contribution in [0.4, 0.5) is 0 Å². The van der Waals surface area contributed by atoms with Crippen LogP contribution in [0, 0.1) is 6.92 Å². The lowest BCUT2D eigenvalue weighted by Crippen LogP contribution is -2.06. The third kappa shape index (κ3) is 3.89. The van der Waals surface area contributed by atoms with Gasteiger partial charge < -0.3 is 14.6 Å². The molecule has 0 aliphatic carbocycles. The van der Waals surface area contributed by atoms with Crippen LogP contribution in [0.1, 0.15) is 37.9 Å². The monoisotopic (exact) mass is 239 g/mol. The summed E-state index contributed by atoms with van der Waals surface area (Å²) in [6, 6.07) is 1.82. The minimum Gasteiger partial charge on any atom is -0.493 e. The number of nitrogens with zero attached hydrogens (tertiary/aromatic N) is 1. The Morgan fingerprint density at radius 1 is 1.29 bits per heavy atom. The third-order valence-corrected chi connectivity index (χ3v) is 2.37. The molecule has 0 radical (unpaired) electrons. The largest absolute Gasteiger partial charge is 0.493 e. The molecule has 0 aliphatic rings. The zero-order valence-electron chi connectivity index (χ0n) is 10.8. The zero-order chi connectivity index (χ0) is 12.7. The molecule has 1 aromatic rings. The van der Waals surface area contributed by atoms with E-state index in [1.165, 1.54) is 0 Å². The van der Waals surface area contributed by atoms with Crippen molar-refractivity contribution in [2.45, 2.75) is 40.2 Å². The first-order chi connectivity index (χ1) is 8.22. The fourth-order valence-electron chi connectivity index (χ4n) is 1.50.